The minimum absolute atomic E-state index is 0.0237. The summed E-state index contributed by atoms with van der Waals surface area (Å²) in [4.78, 5) is 13.2. The third-order valence-electron chi connectivity index (χ3n) is 4.04. The zero-order chi connectivity index (χ0) is 19.1. The molecule has 0 saturated heterocycles. The SMILES string of the molecule is CS/C(CC(=O)c1ccccc1)=C(/C#N)c1cn(Cc2ccccc2)nn1. The Hall–Kier alpha value is -3.17. The molecule has 0 spiro atoms. The van der Waals surface area contributed by atoms with Crippen molar-refractivity contribution >= 4 is 23.1 Å². The van der Waals surface area contributed by atoms with Gasteiger partial charge in [-0.3, -0.25) is 4.79 Å². The Morgan fingerprint density at radius 2 is 1.78 bits per heavy atom. The monoisotopic (exact) mass is 374 g/mol. The summed E-state index contributed by atoms with van der Waals surface area (Å²) in [5, 5.41) is 17.9. The van der Waals surface area contributed by atoms with Gasteiger partial charge < -0.3 is 0 Å². The maximum absolute atomic E-state index is 12.5. The Morgan fingerprint density at radius 3 is 2.41 bits per heavy atom. The quantitative estimate of drug-likeness (QED) is 0.458. The van der Waals surface area contributed by atoms with Crippen molar-refractivity contribution in [1.29, 1.82) is 5.26 Å². The lowest BCUT2D eigenvalue weighted by Crippen LogP contribution is -2.01. The highest BCUT2D eigenvalue weighted by Gasteiger charge is 2.16. The zero-order valence-electron chi connectivity index (χ0n) is 14.9. The molecule has 0 unspecified atom stereocenters. The van der Waals surface area contributed by atoms with Gasteiger partial charge in [0.1, 0.15) is 11.8 Å². The van der Waals surface area contributed by atoms with E-state index in [4.69, 9.17) is 0 Å². The van der Waals surface area contributed by atoms with Crippen molar-refractivity contribution in [3.63, 3.8) is 0 Å². The standard InChI is InChI=1S/C21H18N4OS/c1-27-21(12-20(26)17-10-6-3-7-11-17)18(13-22)19-15-25(24-23-19)14-16-8-4-2-5-9-16/h2-11,15H,12,14H2,1H3/b21-18-. The van der Waals surface area contributed by atoms with Crippen LogP contribution in [0.25, 0.3) is 5.57 Å². The maximum atomic E-state index is 12.5. The van der Waals surface area contributed by atoms with Gasteiger partial charge in [-0.1, -0.05) is 65.9 Å². The number of carbonyl (C=O) groups is 1. The Balaban J connectivity index is 1.83. The minimum atomic E-state index is -0.0237. The number of rotatable bonds is 7. The molecule has 3 aromatic rings. The smallest absolute Gasteiger partial charge is 0.167 e. The van der Waals surface area contributed by atoms with E-state index in [0.29, 0.717) is 28.3 Å². The predicted molar refractivity (Wildman–Crippen MR) is 107 cm³/mol. The normalized spacial score (nSPS) is 11.6. The van der Waals surface area contributed by atoms with Gasteiger partial charge in [0.25, 0.3) is 0 Å². The van der Waals surface area contributed by atoms with Crippen LogP contribution in [0.15, 0.2) is 71.8 Å². The highest BCUT2D eigenvalue weighted by Crippen LogP contribution is 2.28. The molecule has 3 rings (SSSR count). The second-order valence-electron chi connectivity index (χ2n) is 5.87. The molecule has 0 atom stereocenters. The molecule has 0 N–H and O–H groups in total. The van der Waals surface area contributed by atoms with E-state index in [9.17, 15) is 10.1 Å². The number of nitriles is 1. The van der Waals surface area contributed by atoms with Crippen LogP contribution in [-0.4, -0.2) is 27.0 Å². The van der Waals surface area contributed by atoms with E-state index in [2.05, 4.69) is 16.4 Å². The molecule has 1 aromatic heterocycles. The first-order valence-electron chi connectivity index (χ1n) is 8.41. The Bertz CT molecular complexity index is 988. The molecular weight excluding hydrogens is 356 g/mol. The van der Waals surface area contributed by atoms with Crippen molar-refractivity contribution in [2.75, 3.05) is 6.26 Å². The number of carbonyl (C=O) groups excluding carboxylic acids is 1. The van der Waals surface area contributed by atoms with E-state index in [1.54, 1.807) is 23.0 Å². The summed E-state index contributed by atoms with van der Waals surface area (Å²) in [5.41, 5.74) is 2.61. The maximum Gasteiger partial charge on any atom is 0.167 e. The van der Waals surface area contributed by atoms with Crippen LogP contribution in [0.3, 0.4) is 0 Å². The van der Waals surface area contributed by atoms with Crippen LogP contribution in [0.2, 0.25) is 0 Å². The summed E-state index contributed by atoms with van der Waals surface area (Å²) in [6.07, 6.45) is 3.77. The molecule has 5 nitrogen and oxygen atoms in total. The minimum Gasteiger partial charge on any atom is -0.294 e. The summed E-state index contributed by atoms with van der Waals surface area (Å²) in [5.74, 6) is -0.0237. The Labute approximate surface area is 162 Å². The van der Waals surface area contributed by atoms with E-state index >= 15 is 0 Å². The summed E-state index contributed by atoms with van der Waals surface area (Å²) in [6, 6.07) is 21.2. The number of allylic oxidation sites excluding steroid dienone is 2. The summed E-state index contributed by atoms with van der Waals surface area (Å²) < 4.78 is 1.69. The van der Waals surface area contributed by atoms with Gasteiger partial charge in [-0.2, -0.15) is 5.26 Å². The third-order valence-corrected chi connectivity index (χ3v) is 4.88. The fourth-order valence-electron chi connectivity index (χ4n) is 2.66. The number of thioether (sulfide) groups is 1. The first-order valence-corrected chi connectivity index (χ1v) is 9.63. The summed E-state index contributed by atoms with van der Waals surface area (Å²) in [7, 11) is 0. The Kier molecular flexibility index (Phi) is 6.18. The number of hydrogen-bond donors (Lipinski definition) is 0. The van der Waals surface area contributed by atoms with E-state index in [1.807, 2.05) is 54.8 Å². The van der Waals surface area contributed by atoms with Crippen LogP contribution >= 0.6 is 11.8 Å². The van der Waals surface area contributed by atoms with Crippen LogP contribution in [-0.2, 0) is 6.54 Å². The van der Waals surface area contributed by atoms with Gasteiger partial charge >= 0.3 is 0 Å². The lowest BCUT2D eigenvalue weighted by Gasteiger charge is -2.06. The van der Waals surface area contributed by atoms with Crippen LogP contribution < -0.4 is 0 Å². The molecule has 0 aliphatic heterocycles. The molecule has 0 radical (unpaired) electrons. The van der Waals surface area contributed by atoms with Crippen molar-refractivity contribution in [1.82, 2.24) is 15.0 Å². The van der Waals surface area contributed by atoms with Gasteiger partial charge in [-0.25, -0.2) is 4.68 Å². The molecule has 1 heterocycles. The van der Waals surface area contributed by atoms with Crippen molar-refractivity contribution in [2.45, 2.75) is 13.0 Å². The van der Waals surface area contributed by atoms with Gasteiger partial charge in [-0.05, 0) is 11.8 Å². The highest BCUT2D eigenvalue weighted by atomic mass is 32.2. The fourth-order valence-corrected chi connectivity index (χ4v) is 3.29. The van der Waals surface area contributed by atoms with Gasteiger partial charge in [-0.15, -0.1) is 16.9 Å². The average Bonchev–Trinajstić information content (AvgIpc) is 3.17. The molecule has 134 valence electrons. The molecule has 0 aliphatic carbocycles. The van der Waals surface area contributed by atoms with Crippen LogP contribution in [0.5, 0.6) is 0 Å². The molecule has 27 heavy (non-hydrogen) atoms. The first kappa shape index (κ1) is 18.6. The topological polar surface area (TPSA) is 71.6 Å². The van der Waals surface area contributed by atoms with Gasteiger partial charge in [0.05, 0.1) is 18.3 Å². The number of Topliss-reactive ketones (excluding diaryl/α,β-unsaturated/α-hetero) is 1. The van der Waals surface area contributed by atoms with E-state index in [-0.39, 0.29) is 12.2 Å². The molecular formula is C21H18N4OS. The van der Waals surface area contributed by atoms with Crippen molar-refractivity contribution in [3.8, 4) is 6.07 Å². The molecule has 0 amide bonds. The lowest BCUT2D eigenvalue weighted by atomic mass is 10.1. The van der Waals surface area contributed by atoms with Crippen LogP contribution in [0.4, 0.5) is 0 Å². The first-order chi connectivity index (χ1) is 13.2. The Morgan fingerprint density at radius 1 is 1.11 bits per heavy atom. The van der Waals surface area contributed by atoms with Gasteiger partial charge in [0.15, 0.2) is 5.78 Å². The third kappa shape index (κ3) is 4.72. The van der Waals surface area contributed by atoms with Crippen molar-refractivity contribution in [2.24, 2.45) is 0 Å². The number of hydrogen-bond acceptors (Lipinski definition) is 5. The summed E-state index contributed by atoms with van der Waals surface area (Å²) >= 11 is 1.39. The predicted octanol–water partition coefficient (Wildman–Crippen LogP) is 4.20. The van der Waals surface area contributed by atoms with Crippen molar-refractivity contribution < 1.29 is 4.79 Å². The lowest BCUT2D eigenvalue weighted by molar-refractivity contribution is 0.0995. The second kappa shape index (κ2) is 8.97. The van der Waals surface area contributed by atoms with E-state index in [1.165, 1.54) is 11.8 Å². The zero-order valence-corrected chi connectivity index (χ0v) is 15.7. The van der Waals surface area contributed by atoms with Gasteiger partial charge in [0, 0.05) is 16.9 Å². The largest absolute Gasteiger partial charge is 0.294 e. The number of ketones is 1. The van der Waals surface area contributed by atoms with Gasteiger partial charge in [0.2, 0.25) is 0 Å². The summed E-state index contributed by atoms with van der Waals surface area (Å²) in [6.45, 7) is 0.574. The average molecular weight is 374 g/mol. The highest BCUT2D eigenvalue weighted by molar-refractivity contribution is 8.02. The molecule has 6 heteroatoms. The number of nitrogens with zero attached hydrogens (tertiary/aromatic N) is 4. The fraction of sp³-hybridized carbons (Fsp3) is 0.143. The number of benzene rings is 2. The van der Waals surface area contributed by atoms with Crippen LogP contribution in [0.1, 0.15) is 28.0 Å². The molecule has 0 aliphatic rings. The van der Waals surface area contributed by atoms with Crippen LogP contribution in [0, 0.1) is 11.3 Å². The molecule has 0 fully saturated rings. The number of aromatic nitrogens is 3. The molecule has 0 saturated carbocycles. The second-order valence-corrected chi connectivity index (χ2v) is 6.77. The van der Waals surface area contributed by atoms with Crippen molar-refractivity contribution in [3.05, 3.63) is 88.6 Å². The van der Waals surface area contributed by atoms with E-state index in [0.717, 1.165) is 5.56 Å². The molecule has 2 aromatic carbocycles. The van der Waals surface area contributed by atoms with E-state index < -0.39 is 0 Å². The molecule has 0 bridgehead atoms.